The van der Waals surface area contributed by atoms with Crippen molar-refractivity contribution in [1.29, 1.82) is 0 Å². The summed E-state index contributed by atoms with van der Waals surface area (Å²) in [6.07, 6.45) is 1.75. The van der Waals surface area contributed by atoms with Gasteiger partial charge in [-0.25, -0.2) is 4.98 Å². The normalized spacial score (nSPS) is 10.2. The number of anilines is 1. The van der Waals surface area contributed by atoms with Gasteiger partial charge >= 0.3 is 0 Å². The molecule has 0 bridgehead atoms. The molecule has 3 nitrogen and oxygen atoms in total. The Bertz CT molecular complexity index is 531. The third kappa shape index (κ3) is 3.37. The Hall–Kier alpha value is -1.26. The average Bonchev–Trinajstić information content (AvgIpc) is 2.38. The molecule has 0 aliphatic rings. The van der Waals surface area contributed by atoms with Crippen LogP contribution in [0.25, 0.3) is 0 Å². The SMILES string of the molecule is COc1ccc(CNc2ccc(Br)cn2)cc1Cl. The molecular weight excluding hydrogens is 316 g/mol. The number of benzene rings is 1. The number of nitrogens with one attached hydrogen (secondary N) is 1. The summed E-state index contributed by atoms with van der Waals surface area (Å²) in [6.45, 7) is 0.665. The number of methoxy groups -OCH3 is 1. The first kappa shape index (κ1) is 13.2. The van der Waals surface area contributed by atoms with Gasteiger partial charge in [0.1, 0.15) is 11.6 Å². The smallest absolute Gasteiger partial charge is 0.137 e. The van der Waals surface area contributed by atoms with Crippen molar-refractivity contribution in [1.82, 2.24) is 4.98 Å². The van der Waals surface area contributed by atoms with Crippen LogP contribution in [0.2, 0.25) is 5.02 Å². The minimum absolute atomic E-state index is 0.612. The highest BCUT2D eigenvalue weighted by molar-refractivity contribution is 9.10. The molecule has 2 aromatic rings. The van der Waals surface area contributed by atoms with E-state index < -0.39 is 0 Å². The minimum atomic E-state index is 0.612. The molecule has 0 spiro atoms. The maximum absolute atomic E-state index is 6.06. The molecule has 94 valence electrons. The van der Waals surface area contributed by atoms with E-state index in [9.17, 15) is 0 Å². The van der Waals surface area contributed by atoms with Crippen LogP contribution < -0.4 is 10.1 Å². The maximum atomic E-state index is 6.06. The summed E-state index contributed by atoms with van der Waals surface area (Å²) in [5, 5.41) is 3.83. The van der Waals surface area contributed by atoms with Gasteiger partial charge in [0.2, 0.25) is 0 Å². The zero-order valence-corrected chi connectivity index (χ0v) is 12.1. The van der Waals surface area contributed by atoms with E-state index in [1.165, 1.54) is 0 Å². The van der Waals surface area contributed by atoms with E-state index in [1.807, 2.05) is 30.3 Å². The first-order valence-electron chi connectivity index (χ1n) is 5.37. The van der Waals surface area contributed by atoms with Crippen LogP contribution in [0, 0.1) is 0 Å². The van der Waals surface area contributed by atoms with Gasteiger partial charge in [0, 0.05) is 17.2 Å². The Kier molecular flexibility index (Phi) is 4.44. The van der Waals surface area contributed by atoms with Gasteiger partial charge in [0.05, 0.1) is 12.1 Å². The average molecular weight is 328 g/mol. The third-order valence-corrected chi connectivity index (χ3v) is 3.18. The molecule has 0 unspecified atom stereocenters. The van der Waals surface area contributed by atoms with Gasteiger partial charge in [0.25, 0.3) is 0 Å². The topological polar surface area (TPSA) is 34.1 Å². The van der Waals surface area contributed by atoms with Crippen molar-refractivity contribution in [2.24, 2.45) is 0 Å². The summed E-state index contributed by atoms with van der Waals surface area (Å²) in [6, 6.07) is 9.56. The number of nitrogens with zero attached hydrogens (tertiary/aromatic N) is 1. The van der Waals surface area contributed by atoms with Crippen molar-refractivity contribution in [3.63, 3.8) is 0 Å². The molecule has 0 amide bonds. The van der Waals surface area contributed by atoms with Crippen LogP contribution >= 0.6 is 27.5 Å². The molecule has 1 heterocycles. The highest BCUT2D eigenvalue weighted by Crippen LogP contribution is 2.25. The largest absolute Gasteiger partial charge is 0.495 e. The maximum Gasteiger partial charge on any atom is 0.137 e. The molecule has 1 aromatic heterocycles. The predicted octanol–water partition coefficient (Wildman–Crippen LogP) is 4.12. The Morgan fingerprint density at radius 1 is 1.33 bits per heavy atom. The van der Waals surface area contributed by atoms with Crippen LogP contribution in [0.15, 0.2) is 41.0 Å². The highest BCUT2D eigenvalue weighted by Gasteiger charge is 2.02. The molecule has 0 atom stereocenters. The molecular formula is C13H12BrClN2O. The highest BCUT2D eigenvalue weighted by atomic mass is 79.9. The number of hydrogen-bond acceptors (Lipinski definition) is 3. The van der Waals surface area contributed by atoms with Crippen molar-refractivity contribution < 1.29 is 4.74 Å². The van der Waals surface area contributed by atoms with E-state index in [0.29, 0.717) is 17.3 Å². The standard InChI is InChI=1S/C13H12BrClN2O/c1-18-12-4-2-9(6-11(12)15)7-16-13-5-3-10(14)8-17-13/h2-6,8H,7H2,1H3,(H,16,17). The Morgan fingerprint density at radius 2 is 2.17 bits per heavy atom. The fraction of sp³-hybridized carbons (Fsp3) is 0.154. The van der Waals surface area contributed by atoms with Crippen molar-refractivity contribution >= 4 is 33.3 Å². The molecule has 0 radical (unpaired) electrons. The first-order valence-corrected chi connectivity index (χ1v) is 6.54. The number of rotatable bonds is 4. The molecule has 1 aromatic carbocycles. The lowest BCUT2D eigenvalue weighted by Gasteiger charge is -2.08. The summed E-state index contributed by atoms with van der Waals surface area (Å²) >= 11 is 9.40. The second kappa shape index (κ2) is 6.07. The summed E-state index contributed by atoms with van der Waals surface area (Å²) in [5.74, 6) is 1.51. The van der Waals surface area contributed by atoms with Crippen LogP contribution in [0.5, 0.6) is 5.75 Å². The Labute approximate surface area is 119 Å². The van der Waals surface area contributed by atoms with Gasteiger partial charge in [-0.2, -0.15) is 0 Å². The van der Waals surface area contributed by atoms with Crippen LogP contribution in [0.3, 0.4) is 0 Å². The molecule has 5 heteroatoms. The number of hydrogen-bond donors (Lipinski definition) is 1. The van der Waals surface area contributed by atoms with E-state index in [1.54, 1.807) is 13.3 Å². The summed E-state index contributed by atoms with van der Waals surface area (Å²) in [7, 11) is 1.60. The van der Waals surface area contributed by atoms with E-state index in [0.717, 1.165) is 15.9 Å². The Balaban J connectivity index is 2.02. The van der Waals surface area contributed by atoms with Gasteiger partial charge in [-0.05, 0) is 45.8 Å². The molecule has 0 fully saturated rings. The van der Waals surface area contributed by atoms with E-state index >= 15 is 0 Å². The summed E-state index contributed by atoms with van der Waals surface area (Å²) in [4.78, 5) is 4.23. The Morgan fingerprint density at radius 3 is 2.78 bits per heavy atom. The number of ether oxygens (including phenoxy) is 1. The minimum Gasteiger partial charge on any atom is -0.495 e. The molecule has 0 aliphatic heterocycles. The van der Waals surface area contributed by atoms with Crippen LogP contribution in [-0.4, -0.2) is 12.1 Å². The second-order valence-electron chi connectivity index (χ2n) is 3.68. The lowest BCUT2D eigenvalue weighted by molar-refractivity contribution is 0.415. The monoisotopic (exact) mass is 326 g/mol. The first-order chi connectivity index (χ1) is 8.69. The number of pyridine rings is 1. The number of aromatic nitrogens is 1. The number of halogens is 2. The van der Waals surface area contributed by atoms with E-state index in [4.69, 9.17) is 16.3 Å². The molecule has 0 aliphatic carbocycles. The fourth-order valence-corrected chi connectivity index (χ4v) is 2.01. The van der Waals surface area contributed by atoms with Gasteiger partial charge < -0.3 is 10.1 Å². The van der Waals surface area contributed by atoms with E-state index in [-0.39, 0.29) is 0 Å². The van der Waals surface area contributed by atoms with Crippen molar-refractivity contribution in [3.05, 3.63) is 51.6 Å². The quantitative estimate of drug-likeness (QED) is 0.917. The zero-order chi connectivity index (χ0) is 13.0. The zero-order valence-electron chi connectivity index (χ0n) is 9.78. The predicted molar refractivity (Wildman–Crippen MR) is 77.3 cm³/mol. The van der Waals surface area contributed by atoms with Gasteiger partial charge in [0.15, 0.2) is 0 Å². The summed E-state index contributed by atoms with van der Waals surface area (Å²) < 4.78 is 6.06. The fourth-order valence-electron chi connectivity index (χ4n) is 1.49. The van der Waals surface area contributed by atoms with Crippen molar-refractivity contribution in [2.45, 2.75) is 6.54 Å². The van der Waals surface area contributed by atoms with E-state index in [2.05, 4.69) is 26.2 Å². The van der Waals surface area contributed by atoms with Crippen LogP contribution in [-0.2, 0) is 6.54 Å². The molecule has 0 saturated carbocycles. The van der Waals surface area contributed by atoms with Crippen LogP contribution in [0.4, 0.5) is 5.82 Å². The van der Waals surface area contributed by atoms with Gasteiger partial charge in [-0.3, -0.25) is 0 Å². The second-order valence-corrected chi connectivity index (χ2v) is 5.01. The molecule has 18 heavy (non-hydrogen) atoms. The lowest BCUT2D eigenvalue weighted by atomic mass is 10.2. The lowest BCUT2D eigenvalue weighted by Crippen LogP contribution is -2.01. The van der Waals surface area contributed by atoms with Gasteiger partial charge in [-0.1, -0.05) is 17.7 Å². The van der Waals surface area contributed by atoms with Crippen molar-refractivity contribution in [3.8, 4) is 5.75 Å². The molecule has 0 saturated heterocycles. The molecule has 2 rings (SSSR count). The summed E-state index contributed by atoms with van der Waals surface area (Å²) in [5.41, 5.74) is 1.07. The molecule has 1 N–H and O–H groups in total. The van der Waals surface area contributed by atoms with Crippen LogP contribution in [0.1, 0.15) is 5.56 Å². The van der Waals surface area contributed by atoms with Gasteiger partial charge in [-0.15, -0.1) is 0 Å². The third-order valence-electron chi connectivity index (χ3n) is 2.42. The van der Waals surface area contributed by atoms with Crippen molar-refractivity contribution in [2.75, 3.05) is 12.4 Å².